The molecule has 0 fully saturated rings. The predicted octanol–water partition coefficient (Wildman–Crippen LogP) is 3.83. The van der Waals surface area contributed by atoms with Crippen molar-refractivity contribution in [3.05, 3.63) is 40.2 Å². The van der Waals surface area contributed by atoms with Gasteiger partial charge in [0.1, 0.15) is 10.8 Å². The lowest BCUT2D eigenvalue weighted by molar-refractivity contribution is -0.140. The second kappa shape index (κ2) is 8.89. The minimum atomic E-state index is -4.42. The molecule has 1 atom stereocenters. The number of aromatic nitrogens is 1. The number of hydrogen-bond acceptors (Lipinski definition) is 4. The molecule has 9 heteroatoms. The fraction of sp³-hybridized carbons (Fsp3) is 0.500. The van der Waals surface area contributed by atoms with Crippen LogP contribution < -0.4 is 10.6 Å². The maximum Gasteiger partial charge on any atom is 0.434 e. The molecule has 2 aromatic rings. The molecule has 0 bridgehead atoms. The highest BCUT2D eigenvalue weighted by molar-refractivity contribution is 7.09. The Morgan fingerprint density at radius 2 is 2.24 bits per heavy atom. The third kappa shape index (κ3) is 6.41. The lowest BCUT2D eigenvalue weighted by Gasteiger charge is -2.16. The zero-order valence-electron chi connectivity index (χ0n) is 14.1. The molecule has 1 unspecified atom stereocenters. The van der Waals surface area contributed by atoms with Crippen LogP contribution in [0.5, 0.6) is 0 Å². The zero-order chi connectivity index (χ0) is 18.3. The van der Waals surface area contributed by atoms with Crippen molar-refractivity contribution < 1.29 is 17.6 Å². The van der Waals surface area contributed by atoms with Crippen LogP contribution in [0.1, 0.15) is 36.7 Å². The van der Waals surface area contributed by atoms with Gasteiger partial charge in [-0.15, -0.1) is 11.3 Å². The highest BCUT2D eigenvalue weighted by Crippen LogP contribution is 2.30. The summed E-state index contributed by atoms with van der Waals surface area (Å²) in [6.07, 6.45) is -1.22. The van der Waals surface area contributed by atoms with E-state index in [0.29, 0.717) is 23.9 Å². The summed E-state index contributed by atoms with van der Waals surface area (Å²) < 4.78 is 43.0. The molecule has 0 amide bonds. The van der Waals surface area contributed by atoms with E-state index in [2.05, 4.69) is 20.6 Å². The van der Waals surface area contributed by atoms with E-state index < -0.39 is 11.9 Å². The molecule has 0 aliphatic heterocycles. The van der Waals surface area contributed by atoms with Gasteiger partial charge in [-0.2, -0.15) is 13.2 Å². The molecule has 0 radical (unpaired) electrons. The maximum absolute atomic E-state index is 12.6. The van der Waals surface area contributed by atoms with Crippen LogP contribution in [-0.4, -0.2) is 23.5 Å². The van der Waals surface area contributed by atoms with E-state index in [4.69, 9.17) is 4.42 Å². The third-order valence-electron chi connectivity index (χ3n) is 3.45. The van der Waals surface area contributed by atoms with E-state index >= 15 is 0 Å². The number of nitrogens with zero attached hydrogens (tertiary/aromatic N) is 2. The van der Waals surface area contributed by atoms with Gasteiger partial charge in [0.2, 0.25) is 0 Å². The molecule has 138 valence electrons. The molecule has 5 nitrogen and oxygen atoms in total. The summed E-state index contributed by atoms with van der Waals surface area (Å²) in [6.45, 7) is 4.73. The Balaban J connectivity index is 1.95. The number of halogens is 3. The van der Waals surface area contributed by atoms with Crippen molar-refractivity contribution in [2.24, 2.45) is 4.99 Å². The third-order valence-corrected chi connectivity index (χ3v) is 4.29. The zero-order valence-corrected chi connectivity index (χ0v) is 14.9. The van der Waals surface area contributed by atoms with Crippen molar-refractivity contribution in [2.75, 3.05) is 6.54 Å². The highest BCUT2D eigenvalue weighted by atomic mass is 32.1. The van der Waals surface area contributed by atoms with Gasteiger partial charge in [-0.1, -0.05) is 6.92 Å². The average molecular weight is 374 g/mol. The number of rotatable bonds is 7. The lowest BCUT2D eigenvalue weighted by Crippen LogP contribution is -2.42. The number of furan rings is 1. The van der Waals surface area contributed by atoms with Crippen LogP contribution in [-0.2, 0) is 19.1 Å². The van der Waals surface area contributed by atoms with Gasteiger partial charge in [0.25, 0.3) is 0 Å². The normalized spacial score (nSPS) is 13.7. The number of nitrogens with one attached hydrogen (secondary N) is 2. The first kappa shape index (κ1) is 19.3. The van der Waals surface area contributed by atoms with Gasteiger partial charge < -0.3 is 15.1 Å². The van der Waals surface area contributed by atoms with E-state index in [1.54, 1.807) is 6.26 Å². The van der Waals surface area contributed by atoms with Gasteiger partial charge in [-0.3, -0.25) is 0 Å². The monoisotopic (exact) mass is 374 g/mol. The standard InChI is InChI=1S/C16H21F3N4OS/c1-3-11(2)22-15(20-7-6-12-5-4-8-24-12)21-9-14-23-13(10-25-14)16(17,18)19/h4-5,8,10-11H,3,6-7,9H2,1-2H3,(H2,20,21,22). The summed E-state index contributed by atoms with van der Waals surface area (Å²) >= 11 is 0.956. The molecule has 0 aromatic carbocycles. The number of hydrogen-bond donors (Lipinski definition) is 2. The van der Waals surface area contributed by atoms with Crippen LogP contribution in [0.15, 0.2) is 33.2 Å². The van der Waals surface area contributed by atoms with Crippen molar-refractivity contribution in [3.63, 3.8) is 0 Å². The molecule has 2 heterocycles. The van der Waals surface area contributed by atoms with Gasteiger partial charge >= 0.3 is 6.18 Å². The largest absolute Gasteiger partial charge is 0.469 e. The second-order valence-electron chi connectivity index (χ2n) is 5.50. The first-order chi connectivity index (χ1) is 11.9. The number of aliphatic imine (C=N–C) groups is 1. The van der Waals surface area contributed by atoms with Crippen LogP contribution in [0, 0.1) is 0 Å². The van der Waals surface area contributed by atoms with E-state index in [0.717, 1.165) is 28.9 Å². The Kier molecular flexibility index (Phi) is 6.86. The van der Waals surface area contributed by atoms with Crippen LogP contribution in [0.3, 0.4) is 0 Å². The molecular formula is C16H21F3N4OS. The van der Waals surface area contributed by atoms with E-state index in [9.17, 15) is 13.2 Å². The minimum Gasteiger partial charge on any atom is -0.469 e. The van der Waals surface area contributed by atoms with Gasteiger partial charge in [-0.05, 0) is 25.5 Å². The van der Waals surface area contributed by atoms with Crippen molar-refractivity contribution in [1.82, 2.24) is 15.6 Å². The summed E-state index contributed by atoms with van der Waals surface area (Å²) in [5.74, 6) is 1.40. The molecular weight excluding hydrogens is 353 g/mol. The maximum atomic E-state index is 12.6. The first-order valence-electron chi connectivity index (χ1n) is 7.97. The number of alkyl halides is 3. The fourth-order valence-corrected chi connectivity index (χ4v) is 2.63. The van der Waals surface area contributed by atoms with Gasteiger partial charge in [0.15, 0.2) is 11.7 Å². The molecule has 25 heavy (non-hydrogen) atoms. The lowest BCUT2D eigenvalue weighted by atomic mass is 10.3. The molecule has 0 saturated carbocycles. The van der Waals surface area contributed by atoms with Crippen LogP contribution >= 0.6 is 11.3 Å². The molecule has 2 aromatic heterocycles. The highest BCUT2D eigenvalue weighted by Gasteiger charge is 2.33. The topological polar surface area (TPSA) is 62.5 Å². The smallest absolute Gasteiger partial charge is 0.434 e. The van der Waals surface area contributed by atoms with Gasteiger partial charge in [-0.25, -0.2) is 9.98 Å². The van der Waals surface area contributed by atoms with Gasteiger partial charge in [0, 0.05) is 24.4 Å². The van der Waals surface area contributed by atoms with Crippen molar-refractivity contribution >= 4 is 17.3 Å². The van der Waals surface area contributed by atoms with Crippen molar-refractivity contribution in [3.8, 4) is 0 Å². The molecule has 2 rings (SSSR count). The van der Waals surface area contributed by atoms with E-state index in [1.165, 1.54) is 0 Å². The van der Waals surface area contributed by atoms with Crippen molar-refractivity contribution in [2.45, 2.75) is 45.5 Å². The molecule has 0 saturated heterocycles. The number of guanidine groups is 1. The van der Waals surface area contributed by atoms with Crippen LogP contribution in [0.4, 0.5) is 13.2 Å². The minimum absolute atomic E-state index is 0.0905. The molecule has 0 spiro atoms. The fourth-order valence-electron chi connectivity index (χ4n) is 1.91. The summed E-state index contributed by atoms with van der Waals surface area (Å²) in [7, 11) is 0. The predicted molar refractivity (Wildman–Crippen MR) is 91.6 cm³/mol. The summed E-state index contributed by atoms with van der Waals surface area (Å²) in [6, 6.07) is 3.90. The van der Waals surface area contributed by atoms with Gasteiger partial charge in [0.05, 0.1) is 12.8 Å². The molecule has 2 N–H and O–H groups in total. The number of thiazole rings is 1. The Bertz CT molecular complexity index is 667. The Hall–Kier alpha value is -2.03. The summed E-state index contributed by atoms with van der Waals surface area (Å²) in [4.78, 5) is 7.93. The first-order valence-corrected chi connectivity index (χ1v) is 8.85. The Labute approximate surface area is 148 Å². The summed E-state index contributed by atoms with van der Waals surface area (Å²) in [5, 5.41) is 7.71. The average Bonchev–Trinajstić information content (AvgIpc) is 3.23. The molecule has 0 aliphatic rings. The van der Waals surface area contributed by atoms with Crippen molar-refractivity contribution in [1.29, 1.82) is 0 Å². The summed E-state index contributed by atoms with van der Waals surface area (Å²) in [5.41, 5.74) is -0.870. The second-order valence-corrected chi connectivity index (χ2v) is 6.44. The Morgan fingerprint density at radius 3 is 2.84 bits per heavy atom. The van der Waals surface area contributed by atoms with Crippen LogP contribution in [0.2, 0.25) is 0 Å². The Morgan fingerprint density at radius 1 is 1.44 bits per heavy atom. The molecule has 0 aliphatic carbocycles. The SMILES string of the molecule is CCC(C)NC(=NCc1nc(C(F)(F)F)cs1)NCCc1ccco1. The van der Waals surface area contributed by atoms with Crippen LogP contribution in [0.25, 0.3) is 0 Å². The van der Waals surface area contributed by atoms with E-state index in [-0.39, 0.29) is 12.6 Å². The quantitative estimate of drug-likeness (QED) is 0.571. The van der Waals surface area contributed by atoms with E-state index in [1.807, 2.05) is 26.0 Å².